The molecule has 0 bridgehead atoms. The second-order valence-electron chi connectivity index (χ2n) is 4.40. The van der Waals surface area contributed by atoms with E-state index in [-0.39, 0.29) is 12.6 Å². The van der Waals surface area contributed by atoms with Gasteiger partial charge in [-0.2, -0.15) is 0 Å². The minimum Gasteiger partial charge on any atom is -0.396 e. The monoisotopic (exact) mass is 276 g/mol. The number of nitrogens with zero attached hydrogens (tertiary/aromatic N) is 2. The zero-order valence-corrected chi connectivity index (χ0v) is 12.3. The van der Waals surface area contributed by atoms with E-state index in [2.05, 4.69) is 30.7 Å². The van der Waals surface area contributed by atoms with Gasteiger partial charge in [0.05, 0.1) is 17.6 Å². The van der Waals surface area contributed by atoms with Crippen LogP contribution < -0.4 is 0 Å². The van der Waals surface area contributed by atoms with Crippen molar-refractivity contribution >= 4 is 22.9 Å². The SMILES string of the molecule is CC(C)N(CCCO)C(C)c1nc(CCl)cs1. The number of alkyl halides is 1. The molecule has 17 heavy (non-hydrogen) atoms. The molecule has 0 saturated carbocycles. The fraction of sp³-hybridized carbons (Fsp3) is 0.750. The number of thiazole rings is 1. The highest BCUT2D eigenvalue weighted by Gasteiger charge is 2.20. The van der Waals surface area contributed by atoms with Crippen molar-refractivity contribution < 1.29 is 5.11 Å². The van der Waals surface area contributed by atoms with E-state index < -0.39 is 0 Å². The lowest BCUT2D eigenvalue weighted by Crippen LogP contribution is -2.34. The second-order valence-corrected chi connectivity index (χ2v) is 5.55. The van der Waals surface area contributed by atoms with Gasteiger partial charge in [-0.25, -0.2) is 4.98 Å². The highest BCUT2D eigenvalue weighted by molar-refractivity contribution is 7.09. The molecule has 1 unspecified atom stereocenters. The first kappa shape index (κ1) is 14.9. The Hall–Kier alpha value is -0.160. The topological polar surface area (TPSA) is 36.4 Å². The standard InChI is InChI=1S/C12H21ClN2OS/c1-9(2)15(5-4-6-16)10(3)12-14-11(7-13)8-17-12/h8-10,16H,4-7H2,1-3H3. The molecule has 1 heterocycles. The molecule has 0 amide bonds. The Morgan fingerprint density at radius 3 is 2.65 bits per heavy atom. The van der Waals surface area contributed by atoms with E-state index in [0.717, 1.165) is 23.7 Å². The van der Waals surface area contributed by atoms with Gasteiger partial charge in [0.1, 0.15) is 5.01 Å². The maximum atomic E-state index is 8.93. The number of aromatic nitrogens is 1. The Kier molecular flexibility index (Phi) is 6.41. The van der Waals surface area contributed by atoms with Gasteiger partial charge in [0.25, 0.3) is 0 Å². The lowest BCUT2D eigenvalue weighted by atomic mass is 10.2. The first-order valence-electron chi connectivity index (χ1n) is 5.97. The summed E-state index contributed by atoms with van der Waals surface area (Å²) in [6.07, 6.45) is 0.802. The summed E-state index contributed by atoms with van der Waals surface area (Å²) in [5, 5.41) is 12.1. The summed E-state index contributed by atoms with van der Waals surface area (Å²) in [5.41, 5.74) is 0.949. The highest BCUT2D eigenvalue weighted by atomic mass is 35.5. The lowest BCUT2D eigenvalue weighted by molar-refractivity contribution is 0.147. The molecule has 1 aromatic rings. The fourth-order valence-corrected chi connectivity index (χ4v) is 2.99. The number of hydrogen-bond donors (Lipinski definition) is 1. The van der Waals surface area contributed by atoms with Crippen molar-refractivity contribution in [2.75, 3.05) is 13.2 Å². The van der Waals surface area contributed by atoms with Gasteiger partial charge in [0, 0.05) is 24.6 Å². The predicted molar refractivity (Wildman–Crippen MR) is 73.6 cm³/mol. The summed E-state index contributed by atoms with van der Waals surface area (Å²) in [6, 6.07) is 0.725. The van der Waals surface area contributed by atoms with E-state index in [0.29, 0.717) is 11.9 Å². The van der Waals surface area contributed by atoms with Gasteiger partial charge in [-0.05, 0) is 27.2 Å². The summed E-state index contributed by atoms with van der Waals surface area (Å²) < 4.78 is 0. The molecule has 5 heteroatoms. The van der Waals surface area contributed by atoms with Crippen LogP contribution in [0, 0.1) is 0 Å². The van der Waals surface area contributed by atoms with Crippen LogP contribution in [0.2, 0.25) is 0 Å². The van der Waals surface area contributed by atoms with Crippen molar-refractivity contribution in [2.45, 2.75) is 45.2 Å². The molecule has 1 aromatic heterocycles. The van der Waals surface area contributed by atoms with Gasteiger partial charge in [-0.1, -0.05) is 0 Å². The van der Waals surface area contributed by atoms with Crippen LogP contribution in [-0.2, 0) is 5.88 Å². The zero-order valence-electron chi connectivity index (χ0n) is 10.7. The molecular formula is C12H21ClN2OS. The molecular weight excluding hydrogens is 256 g/mol. The molecule has 0 aromatic carbocycles. The molecule has 1 atom stereocenters. The van der Waals surface area contributed by atoms with Crippen LogP contribution in [0.1, 0.15) is 43.9 Å². The van der Waals surface area contributed by atoms with E-state index in [4.69, 9.17) is 16.7 Å². The average molecular weight is 277 g/mol. The number of hydrogen-bond acceptors (Lipinski definition) is 4. The number of rotatable bonds is 7. The van der Waals surface area contributed by atoms with E-state index in [1.807, 2.05) is 5.38 Å². The number of halogens is 1. The Morgan fingerprint density at radius 1 is 1.47 bits per heavy atom. The van der Waals surface area contributed by atoms with Crippen LogP contribution in [0.3, 0.4) is 0 Å². The summed E-state index contributed by atoms with van der Waals surface area (Å²) >= 11 is 7.43. The molecule has 1 N–H and O–H groups in total. The minimum absolute atomic E-state index is 0.237. The van der Waals surface area contributed by atoms with E-state index in [9.17, 15) is 0 Å². The van der Waals surface area contributed by atoms with Gasteiger partial charge < -0.3 is 5.11 Å². The normalized spacial score (nSPS) is 13.6. The first-order chi connectivity index (χ1) is 8.10. The maximum Gasteiger partial charge on any atom is 0.110 e. The predicted octanol–water partition coefficient (Wildman–Crippen LogP) is 3.04. The van der Waals surface area contributed by atoms with Crippen LogP contribution in [0.25, 0.3) is 0 Å². The molecule has 0 radical (unpaired) electrons. The van der Waals surface area contributed by atoms with Gasteiger partial charge in [-0.15, -0.1) is 22.9 Å². The summed E-state index contributed by atoms with van der Waals surface area (Å²) in [6.45, 7) is 7.63. The first-order valence-corrected chi connectivity index (χ1v) is 7.38. The third kappa shape index (κ3) is 4.21. The summed E-state index contributed by atoms with van der Waals surface area (Å²) in [7, 11) is 0. The van der Waals surface area contributed by atoms with Crippen LogP contribution in [0.4, 0.5) is 0 Å². The van der Waals surface area contributed by atoms with Crippen molar-refractivity contribution in [2.24, 2.45) is 0 Å². The summed E-state index contributed by atoms with van der Waals surface area (Å²) in [4.78, 5) is 6.88. The highest BCUT2D eigenvalue weighted by Crippen LogP contribution is 2.26. The van der Waals surface area contributed by atoms with E-state index >= 15 is 0 Å². The van der Waals surface area contributed by atoms with Gasteiger partial charge in [-0.3, -0.25) is 4.90 Å². The quantitative estimate of drug-likeness (QED) is 0.778. The van der Waals surface area contributed by atoms with Crippen molar-refractivity contribution in [3.05, 3.63) is 16.1 Å². The third-order valence-electron chi connectivity index (χ3n) is 2.80. The molecule has 1 rings (SSSR count). The van der Waals surface area contributed by atoms with E-state index in [1.54, 1.807) is 11.3 Å². The summed E-state index contributed by atoms with van der Waals surface area (Å²) in [5.74, 6) is 0.474. The van der Waals surface area contributed by atoms with E-state index in [1.165, 1.54) is 0 Å². The fourth-order valence-electron chi connectivity index (χ4n) is 1.87. The Labute approximate surface area is 112 Å². The molecule has 3 nitrogen and oxygen atoms in total. The molecule has 0 aliphatic rings. The van der Waals surface area contributed by atoms with Crippen molar-refractivity contribution in [3.63, 3.8) is 0 Å². The second kappa shape index (κ2) is 7.31. The minimum atomic E-state index is 0.237. The lowest BCUT2D eigenvalue weighted by Gasteiger charge is -2.31. The Bertz CT molecular complexity index is 330. The van der Waals surface area contributed by atoms with Gasteiger partial charge >= 0.3 is 0 Å². The Balaban J connectivity index is 2.72. The number of aliphatic hydroxyl groups excluding tert-OH is 1. The Morgan fingerprint density at radius 2 is 2.18 bits per heavy atom. The smallest absolute Gasteiger partial charge is 0.110 e. The van der Waals surface area contributed by atoms with Gasteiger partial charge in [0.15, 0.2) is 0 Å². The maximum absolute atomic E-state index is 8.93. The molecule has 0 aliphatic heterocycles. The largest absolute Gasteiger partial charge is 0.396 e. The molecule has 0 spiro atoms. The van der Waals surface area contributed by atoms with Gasteiger partial charge in [0.2, 0.25) is 0 Å². The number of aliphatic hydroxyl groups is 1. The zero-order chi connectivity index (χ0) is 12.8. The van der Waals surface area contributed by atoms with Crippen LogP contribution in [0.15, 0.2) is 5.38 Å². The van der Waals surface area contributed by atoms with Crippen LogP contribution in [0.5, 0.6) is 0 Å². The molecule has 0 aliphatic carbocycles. The van der Waals surface area contributed by atoms with Crippen molar-refractivity contribution in [1.82, 2.24) is 9.88 Å². The third-order valence-corrected chi connectivity index (χ3v) is 4.14. The molecule has 0 saturated heterocycles. The van der Waals surface area contributed by atoms with Crippen LogP contribution in [-0.4, -0.2) is 34.2 Å². The average Bonchev–Trinajstić information content (AvgIpc) is 2.77. The van der Waals surface area contributed by atoms with Crippen LogP contribution >= 0.6 is 22.9 Å². The molecule has 0 fully saturated rings. The molecule has 98 valence electrons. The van der Waals surface area contributed by atoms with Crippen molar-refractivity contribution in [3.8, 4) is 0 Å². The van der Waals surface area contributed by atoms with Crippen molar-refractivity contribution in [1.29, 1.82) is 0 Å².